The summed E-state index contributed by atoms with van der Waals surface area (Å²) in [5.74, 6) is 0.884. The summed E-state index contributed by atoms with van der Waals surface area (Å²) in [6.45, 7) is 0.867. The summed E-state index contributed by atoms with van der Waals surface area (Å²) in [6, 6.07) is 6.96. The van der Waals surface area contributed by atoms with Crippen LogP contribution in [0, 0.1) is 5.92 Å². The molecule has 102 valence electrons. The molecule has 5 heteroatoms. The van der Waals surface area contributed by atoms with E-state index in [1.165, 1.54) is 0 Å². The molecule has 0 unspecified atom stereocenters. The van der Waals surface area contributed by atoms with Gasteiger partial charge in [0.25, 0.3) is 5.91 Å². The molecular formula is C14H16ClNO3. The summed E-state index contributed by atoms with van der Waals surface area (Å²) in [5.41, 5.74) is -0.633. The molecule has 1 aliphatic heterocycles. The van der Waals surface area contributed by atoms with Crippen LogP contribution in [0.25, 0.3) is 0 Å². The maximum atomic E-state index is 11.9. The van der Waals surface area contributed by atoms with Crippen molar-refractivity contribution in [1.82, 2.24) is 4.90 Å². The number of aliphatic hydroxyl groups is 1. The van der Waals surface area contributed by atoms with Gasteiger partial charge >= 0.3 is 0 Å². The minimum absolute atomic E-state index is 0.0128. The van der Waals surface area contributed by atoms with E-state index in [0.29, 0.717) is 29.8 Å². The number of rotatable bonds is 4. The molecule has 1 aromatic rings. The van der Waals surface area contributed by atoms with Crippen LogP contribution in [0.3, 0.4) is 0 Å². The largest absolute Gasteiger partial charge is 0.484 e. The van der Waals surface area contributed by atoms with Gasteiger partial charge in [-0.1, -0.05) is 17.7 Å². The Morgan fingerprint density at radius 1 is 1.47 bits per heavy atom. The molecule has 0 radical (unpaired) electrons. The lowest BCUT2D eigenvalue weighted by Gasteiger charge is -2.46. The Hall–Kier alpha value is -1.26. The number of ether oxygens (including phenoxy) is 1. The van der Waals surface area contributed by atoms with Gasteiger partial charge in [0.05, 0.1) is 13.1 Å². The highest BCUT2D eigenvalue weighted by Crippen LogP contribution is 2.44. The van der Waals surface area contributed by atoms with Crippen molar-refractivity contribution in [3.8, 4) is 5.75 Å². The topological polar surface area (TPSA) is 49.8 Å². The monoisotopic (exact) mass is 281 g/mol. The van der Waals surface area contributed by atoms with Crippen molar-refractivity contribution in [3.63, 3.8) is 0 Å². The highest BCUT2D eigenvalue weighted by atomic mass is 35.5. The average molecular weight is 282 g/mol. The van der Waals surface area contributed by atoms with Gasteiger partial charge in [0.2, 0.25) is 0 Å². The first-order valence-electron chi connectivity index (χ1n) is 6.45. The third-order valence-electron chi connectivity index (χ3n) is 3.78. The van der Waals surface area contributed by atoms with Crippen molar-refractivity contribution >= 4 is 17.5 Å². The van der Waals surface area contributed by atoms with Gasteiger partial charge in [0, 0.05) is 5.02 Å². The Morgan fingerprint density at radius 2 is 2.21 bits per heavy atom. The van der Waals surface area contributed by atoms with E-state index >= 15 is 0 Å². The average Bonchev–Trinajstić information content (AvgIpc) is 3.16. The van der Waals surface area contributed by atoms with Crippen LogP contribution in [0.15, 0.2) is 24.3 Å². The van der Waals surface area contributed by atoms with E-state index < -0.39 is 5.60 Å². The van der Waals surface area contributed by atoms with E-state index in [2.05, 4.69) is 0 Å². The number of carbonyl (C=O) groups excluding carboxylic acids is 1. The molecule has 0 aromatic heterocycles. The normalized spacial score (nSPS) is 20.8. The Morgan fingerprint density at radius 3 is 2.84 bits per heavy atom. The van der Waals surface area contributed by atoms with Crippen LogP contribution in [-0.2, 0) is 4.79 Å². The van der Waals surface area contributed by atoms with Crippen LogP contribution in [-0.4, -0.2) is 41.2 Å². The number of β-amino-alcohol motifs (C(OH)–C–C–N with tert-alkyl or cyclic N) is 1. The number of halogens is 1. The molecule has 19 heavy (non-hydrogen) atoms. The second kappa shape index (κ2) is 4.69. The Labute approximate surface area is 116 Å². The maximum absolute atomic E-state index is 11.9. The van der Waals surface area contributed by atoms with Crippen LogP contribution in [0.4, 0.5) is 0 Å². The van der Waals surface area contributed by atoms with Gasteiger partial charge in [0.15, 0.2) is 6.61 Å². The highest BCUT2D eigenvalue weighted by Gasteiger charge is 2.53. The predicted molar refractivity (Wildman–Crippen MR) is 71.2 cm³/mol. The third-order valence-corrected chi connectivity index (χ3v) is 4.01. The van der Waals surface area contributed by atoms with Crippen molar-refractivity contribution in [2.24, 2.45) is 5.92 Å². The van der Waals surface area contributed by atoms with Crippen LogP contribution in [0.2, 0.25) is 5.02 Å². The highest BCUT2D eigenvalue weighted by molar-refractivity contribution is 6.30. The molecule has 1 heterocycles. The van der Waals surface area contributed by atoms with Crippen LogP contribution < -0.4 is 4.74 Å². The molecule has 1 N–H and O–H groups in total. The molecule has 4 nitrogen and oxygen atoms in total. The fraction of sp³-hybridized carbons (Fsp3) is 0.500. The van der Waals surface area contributed by atoms with Crippen molar-refractivity contribution in [3.05, 3.63) is 29.3 Å². The molecule has 1 amide bonds. The molecule has 1 saturated heterocycles. The van der Waals surface area contributed by atoms with Crippen LogP contribution in [0.1, 0.15) is 12.8 Å². The van der Waals surface area contributed by atoms with E-state index in [0.717, 1.165) is 12.8 Å². The zero-order valence-electron chi connectivity index (χ0n) is 10.5. The van der Waals surface area contributed by atoms with Crippen molar-refractivity contribution in [2.45, 2.75) is 18.4 Å². The second-order valence-electron chi connectivity index (χ2n) is 5.37. The molecular weight excluding hydrogens is 266 g/mol. The summed E-state index contributed by atoms with van der Waals surface area (Å²) >= 11 is 5.83. The number of hydrogen-bond acceptors (Lipinski definition) is 3. The summed E-state index contributed by atoms with van der Waals surface area (Å²) < 4.78 is 5.39. The van der Waals surface area contributed by atoms with Crippen molar-refractivity contribution in [2.75, 3.05) is 19.7 Å². The SMILES string of the molecule is O=C(COc1cccc(Cl)c1)N1CC(O)(C2CC2)C1. The number of hydrogen-bond donors (Lipinski definition) is 1. The fourth-order valence-corrected chi connectivity index (χ4v) is 2.64. The lowest BCUT2D eigenvalue weighted by molar-refractivity contribution is -0.161. The third kappa shape index (κ3) is 2.69. The summed E-state index contributed by atoms with van der Waals surface area (Å²) in [6.07, 6.45) is 2.16. The van der Waals surface area contributed by atoms with E-state index in [1.54, 1.807) is 29.2 Å². The molecule has 1 saturated carbocycles. The van der Waals surface area contributed by atoms with Gasteiger partial charge in [0.1, 0.15) is 11.4 Å². The quantitative estimate of drug-likeness (QED) is 0.914. The minimum atomic E-state index is -0.633. The molecule has 2 fully saturated rings. The molecule has 2 aliphatic rings. The van der Waals surface area contributed by atoms with Crippen molar-refractivity contribution in [1.29, 1.82) is 0 Å². The Kier molecular flexibility index (Phi) is 3.15. The van der Waals surface area contributed by atoms with Crippen molar-refractivity contribution < 1.29 is 14.6 Å². The van der Waals surface area contributed by atoms with Crippen LogP contribution in [0.5, 0.6) is 5.75 Å². The lowest BCUT2D eigenvalue weighted by Crippen LogP contribution is -2.65. The second-order valence-corrected chi connectivity index (χ2v) is 5.81. The van der Waals surface area contributed by atoms with Gasteiger partial charge in [-0.3, -0.25) is 4.79 Å². The van der Waals surface area contributed by atoms with Gasteiger partial charge in [-0.2, -0.15) is 0 Å². The maximum Gasteiger partial charge on any atom is 0.260 e. The zero-order valence-corrected chi connectivity index (χ0v) is 11.3. The first kappa shape index (κ1) is 12.8. The number of carbonyl (C=O) groups is 1. The first-order valence-corrected chi connectivity index (χ1v) is 6.83. The predicted octanol–water partition coefficient (Wildman–Crippen LogP) is 1.70. The number of amides is 1. The van der Waals surface area contributed by atoms with E-state index in [9.17, 15) is 9.90 Å². The smallest absolute Gasteiger partial charge is 0.260 e. The van der Waals surface area contributed by atoms with Gasteiger partial charge < -0.3 is 14.7 Å². The lowest BCUT2D eigenvalue weighted by atomic mass is 9.89. The molecule has 0 spiro atoms. The molecule has 0 atom stereocenters. The van der Waals surface area contributed by atoms with Crippen LogP contribution >= 0.6 is 11.6 Å². The van der Waals surface area contributed by atoms with Gasteiger partial charge in [-0.05, 0) is 37.0 Å². The first-order chi connectivity index (χ1) is 9.07. The van der Waals surface area contributed by atoms with E-state index in [1.807, 2.05) is 0 Å². The molecule has 3 rings (SSSR count). The Balaban J connectivity index is 1.47. The van der Waals surface area contributed by atoms with E-state index in [4.69, 9.17) is 16.3 Å². The standard InChI is InChI=1S/C14H16ClNO3/c15-11-2-1-3-12(6-11)19-7-13(17)16-8-14(18,9-16)10-4-5-10/h1-3,6,10,18H,4-5,7-9H2. The number of likely N-dealkylation sites (tertiary alicyclic amines) is 1. The van der Waals surface area contributed by atoms with Gasteiger partial charge in [-0.15, -0.1) is 0 Å². The van der Waals surface area contributed by atoms with E-state index in [-0.39, 0.29) is 12.5 Å². The fourth-order valence-electron chi connectivity index (χ4n) is 2.46. The molecule has 1 aliphatic carbocycles. The zero-order chi connectivity index (χ0) is 13.5. The molecule has 1 aromatic carbocycles. The summed E-state index contributed by atoms with van der Waals surface area (Å²) in [5, 5.41) is 10.7. The summed E-state index contributed by atoms with van der Waals surface area (Å²) in [4.78, 5) is 13.5. The Bertz CT molecular complexity index is 495. The summed E-state index contributed by atoms with van der Waals surface area (Å²) in [7, 11) is 0. The van der Waals surface area contributed by atoms with Gasteiger partial charge in [-0.25, -0.2) is 0 Å². The number of benzene rings is 1. The number of nitrogens with zero attached hydrogens (tertiary/aromatic N) is 1. The molecule has 0 bridgehead atoms. The minimum Gasteiger partial charge on any atom is -0.484 e.